The van der Waals surface area contributed by atoms with E-state index >= 15 is 0 Å². The van der Waals surface area contributed by atoms with E-state index in [1.807, 2.05) is 25.1 Å². The van der Waals surface area contributed by atoms with Gasteiger partial charge in [-0.05, 0) is 37.3 Å². The van der Waals surface area contributed by atoms with Crippen LogP contribution < -0.4 is 5.32 Å². The predicted octanol–water partition coefficient (Wildman–Crippen LogP) is 3.25. The standard InChI is InChI=1S/C14H11N3OS/c1-9-16-11-6-5-10(8-13(11)19-9)17-14(18)12-4-2-3-7-15-12/h2-8H,1H3,(H,17,18). The molecule has 2 aromatic heterocycles. The first-order valence-corrected chi connectivity index (χ1v) is 6.63. The summed E-state index contributed by atoms with van der Waals surface area (Å²) < 4.78 is 1.07. The van der Waals surface area contributed by atoms with Gasteiger partial charge in [0, 0.05) is 11.9 Å². The summed E-state index contributed by atoms with van der Waals surface area (Å²) in [7, 11) is 0. The van der Waals surface area contributed by atoms with Gasteiger partial charge in [0.2, 0.25) is 0 Å². The maximum Gasteiger partial charge on any atom is 0.274 e. The highest BCUT2D eigenvalue weighted by Gasteiger charge is 2.08. The first-order chi connectivity index (χ1) is 9.22. The Morgan fingerprint density at radius 3 is 2.95 bits per heavy atom. The number of carbonyl (C=O) groups is 1. The average Bonchev–Trinajstić information content (AvgIpc) is 2.79. The summed E-state index contributed by atoms with van der Waals surface area (Å²) in [6, 6.07) is 10.9. The van der Waals surface area contributed by atoms with Crippen LogP contribution in [-0.2, 0) is 0 Å². The number of nitrogens with one attached hydrogen (secondary N) is 1. The molecule has 0 bridgehead atoms. The topological polar surface area (TPSA) is 54.9 Å². The Kier molecular flexibility index (Phi) is 2.97. The van der Waals surface area contributed by atoms with Crippen LogP contribution in [0.15, 0.2) is 42.6 Å². The van der Waals surface area contributed by atoms with Gasteiger partial charge in [-0.1, -0.05) is 6.07 Å². The van der Waals surface area contributed by atoms with Crippen molar-refractivity contribution in [3.8, 4) is 0 Å². The normalized spacial score (nSPS) is 10.6. The number of rotatable bonds is 2. The van der Waals surface area contributed by atoms with E-state index in [4.69, 9.17) is 0 Å². The van der Waals surface area contributed by atoms with Crippen molar-refractivity contribution in [1.29, 1.82) is 0 Å². The number of thiazole rings is 1. The third-order valence-corrected chi connectivity index (χ3v) is 3.58. The molecule has 0 atom stereocenters. The highest BCUT2D eigenvalue weighted by Crippen LogP contribution is 2.24. The highest BCUT2D eigenvalue weighted by atomic mass is 32.1. The number of anilines is 1. The van der Waals surface area contributed by atoms with Crippen molar-refractivity contribution in [2.45, 2.75) is 6.92 Å². The number of amides is 1. The number of aryl methyl sites for hydroxylation is 1. The van der Waals surface area contributed by atoms with E-state index in [1.165, 1.54) is 0 Å². The molecule has 0 saturated carbocycles. The lowest BCUT2D eigenvalue weighted by molar-refractivity contribution is 0.102. The molecule has 3 rings (SSSR count). The molecule has 0 spiro atoms. The second kappa shape index (κ2) is 4.78. The number of fused-ring (bicyclic) bond motifs is 1. The van der Waals surface area contributed by atoms with Crippen LogP contribution in [0.2, 0.25) is 0 Å². The molecule has 3 aromatic rings. The smallest absolute Gasteiger partial charge is 0.274 e. The lowest BCUT2D eigenvalue weighted by Crippen LogP contribution is -2.13. The molecule has 5 heteroatoms. The number of hydrogen-bond donors (Lipinski definition) is 1. The predicted molar refractivity (Wildman–Crippen MR) is 76.5 cm³/mol. The molecule has 1 amide bonds. The van der Waals surface area contributed by atoms with Crippen molar-refractivity contribution in [3.63, 3.8) is 0 Å². The Labute approximate surface area is 114 Å². The van der Waals surface area contributed by atoms with E-state index in [0.29, 0.717) is 5.69 Å². The number of hydrogen-bond acceptors (Lipinski definition) is 4. The summed E-state index contributed by atoms with van der Waals surface area (Å²) >= 11 is 1.61. The van der Waals surface area contributed by atoms with Crippen molar-refractivity contribution in [1.82, 2.24) is 9.97 Å². The zero-order valence-corrected chi connectivity index (χ0v) is 11.1. The van der Waals surface area contributed by atoms with Gasteiger partial charge >= 0.3 is 0 Å². The number of aromatic nitrogens is 2. The summed E-state index contributed by atoms with van der Waals surface area (Å²) in [6.07, 6.45) is 1.60. The summed E-state index contributed by atoms with van der Waals surface area (Å²) in [5.41, 5.74) is 2.12. The van der Waals surface area contributed by atoms with Gasteiger partial charge in [-0.3, -0.25) is 9.78 Å². The quantitative estimate of drug-likeness (QED) is 0.777. The SMILES string of the molecule is Cc1nc2ccc(NC(=O)c3ccccn3)cc2s1. The van der Waals surface area contributed by atoms with Crippen LogP contribution in [-0.4, -0.2) is 15.9 Å². The molecule has 0 unspecified atom stereocenters. The van der Waals surface area contributed by atoms with Crippen molar-refractivity contribution in [2.24, 2.45) is 0 Å². The monoisotopic (exact) mass is 269 g/mol. The summed E-state index contributed by atoms with van der Waals surface area (Å²) in [5.74, 6) is -0.207. The van der Waals surface area contributed by atoms with E-state index < -0.39 is 0 Å². The molecule has 0 radical (unpaired) electrons. The second-order valence-corrected chi connectivity index (χ2v) is 5.32. The van der Waals surface area contributed by atoms with E-state index in [0.717, 1.165) is 20.9 Å². The third-order valence-electron chi connectivity index (χ3n) is 2.65. The van der Waals surface area contributed by atoms with Gasteiger partial charge in [-0.15, -0.1) is 11.3 Å². The van der Waals surface area contributed by atoms with Crippen LogP contribution in [0.5, 0.6) is 0 Å². The van der Waals surface area contributed by atoms with Crippen LogP contribution in [0, 0.1) is 6.92 Å². The molecule has 0 aliphatic rings. The fraction of sp³-hybridized carbons (Fsp3) is 0.0714. The molecule has 2 heterocycles. The lowest BCUT2D eigenvalue weighted by atomic mass is 10.2. The van der Waals surface area contributed by atoms with E-state index in [9.17, 15) is 4.79 Å². The van der Waals surface area contributed by atoms with Crippen LogP contribution in [0.1, 0.15) is 15.5 Å². The Balaban J connectivity index is 1.87. The van der Waals surface area contributed by atoms with Gasteiger partial charge in [0.15, 0.2) is 0 Å². The molecular weight excluding hydrogens is 258 g/mol. The molecule has 94 valence electrons. The molecule has 1 aromatic carbocycles. The number of nitrogens with zero attached hydrogens (tertiary/aromatic N) is 2. The van der Waals surface area contributed by atoms with Gasteiger partial charge in [0.25, 0.3) is 5.91 Å². The van der Waals surface area contributed by atoms with Gasteiger partial charge in [0.05, 0.1) is 15.2 Å². The fourth-order valence-corrected chi connectivity index (χ4v) is 2.68. The van der Waals surface area contributed by atoms with Crippen molar-refractivity contribution >= 4 is 33.1 Å². The van der Waals surface area contributed by atoms with Crippen molar-refractivity contribution < 1.29 is 4.79 Å². The summed E-state index contributed by atoms with van der Waals surface area (Å²) in [5, 5.41) is 3.85. The Morgan fingerprint density at radius 2 is 2.16 bits per heavy atom. The molecule has 0 fully saturated rings. The molecule has 0 aliphatic carbocycles. The minimum atomic E-state index is -0.207. The van der Waals surface area contributed by atoms with Crippen LogP contribution in [0.3, 0.4) is 0 Å². The molecule has 4 nitrogen and oxygen atoms in total. The maximum absolute atomic E-state index is 12.0. The fourth-order valence-electron chi connectivity index (χ4n) is 1.81. The number of pyridine rings is 1. The number of carbonyl (C=O) groups excluding carboxylic acids is 1. The zero-order valence-electron chi connectivity index (χ0n) is 10.3. The minimum absolute atomic E-state index is 0.207. The molecule has 1 N–H and O–H groups in total. The Morgan fingerprint density at radius 1 is 1.26 bits per heavy atom. The van der Waals surface area contributed by atoms with Crippen LogP contribution >= 0.6 is 11.3 Å². The van der Waals surface area contributed by atoms with Gasteiger partial charge in [0.1, 0.15) is 5.69 Å². The second-order valence-electron chi connectivity index (χ2n) is 4.08. The minimum Gasteiger partial charge on any atom is -0.321 e. The van der Waals surface area contributed by atoms with Gasteiger partial charge in [-0.25, -0.2) is 4.98 Å². The van der Waals surface area contributed by atoms with Gasteiger partial charge < -0.3 is 5.32 Å². The molecule has 0 aliphatic heterocycles. The molecule has 0 saturated heterocycles. The number of benzene rings is 1. The maximum atomic E-state index is 12.0. The van der Waals surface area contributed by atoms with E-state index in [-0.39, 0.29) is 5.91 Å². The van der Waals surface area contributed by atoms with Crippen LogP contribution in [0.4, 0.5) is 5.69 Å². The van der Waals surface area contributed by atoms with Crippen molar-refractivity contribution in [3.05, 3.63) is 53.3 Å². The zero-order chi connectivity index (χ0) is 13.2. The summed E-state index contributed by atoms with van der Waals surface area (Å²) in [6.45, 7) is 1.97. The first-order valence-electron chi connectivity index (χ1n) is 5.82. The average molecular weight is 269 g/mol. The van der Waals surface area contributed by atoms with E-state index in [1.54, 1.807) is 35.7 Å². The largest absolute Gasteiger partial charge is 0.321 e. The Bertz CT molecular complexity index is 737. The third kappa shape index (κ3) is 2.46. The molecule has 19 heavy (non-hydrogen) atoms. The van der Waals surface area contributed by atoms with Crippen LogP contribution in [0.25, 0.3) is 10.2 Å². The molecular formula is C14H11N3OS. The lowest BCUT2D eigenvalue weighted by Gasteiger charge is -2.04. The Hall–Kier alpha value is -2.27. The van der Waals surface area contributed by atoms with E-state index in [2.05, 4.69) is 15.3 Å². The van der Waals surface area contributed by atoms with Crippen molar-refractivity contribution in [2.75, 3.05) is 5.32 Å². The van der Waals surface area contributed by atoms with Gasteiger partial charge in [-0.2, -0.15) is 0 Å². The first kappa shape index (κ1) is 11.8. The summed E-state index contributed by atoms with van der Waals surface area (Å²) in [4.78, 5) is 20.4. The highest BCUT2D eigenvalue weighted by molar-refractivity contribution is 7.18.